The van der Waals surface area contributed by atoms with Gasteiger partial charge in [0.25, 0.3) is 5.91 Å². The predicted octanol–water partition coefficient (Wildman–Crippen LogP) is 1.02. The molecule has 8 nitrogen and oxygen atoms in total. The maximum Gasteiger partial charge on any atom is 0.252 e. The lowest BCUT2D eigenvalue weighted by Crippen LogP contribution is -2.81. The molecule has 2 unspecified atom stereocenters. The van der Waals surface area contributed by atoms with Crippen LogP contribution in [0.2, 0.25) is 0 Å². The van der Waals surface area contributed by atoms with E-state index in [2.05, 4.69) is 11.0 Å². The summed E-state index contributed by atoms with van der Waals surface area (Å²) >= 11 is 0. The van der Waals surface area contributed by atoms with Gasteiger partial charge in [-0.1, -0.05) is 12.1 Å². The number of fused-ring (bicyclic) bond motifs is 2. The van der Waals surface area contributed by atoms with Crippen molar-refractivity contribution < 1.29 is 19.1 Å². The molecule has 8 heteroatoms. The molecule has 1 aromatic heterocycles. The van der Waals surface area contributed by atoms with Gasteiger partial charge in [-0.15, -0.1) is 0 Å². The molecule has 0 radical (unpaired) electrons. The summed E-state index contributed by atoms with van der Waals surface area (Å²) < 4.78 is 5.61. The average molecular weight is 420 g/mol. The van der Waals surface area contributed by atoms with E-state index in [0.29, 0.717) is 43.9 Å². The summed E-state index contributed by atoms with van der Waals surface area (Å²) in [5.41, 5.74) is 0.876. The minimum absolute atomic E-state index is 0.114. The van der Waals surface area contributed by atoms with Crippen LogP contribution in [-0.4, -0.2) is 68.9 Å². The second-order valence-corrected chi connectivity index (χ2v) is 8.79. The van der Waals surface area contributed by atoms with Crippen LogP contribution in [0.3, 0.4) is 0 Å². The third-order valence-corrected chi connectivity index (χ3v) is 6.59. The highest BCUT2D eigenvalue weighted by Gasteiger charge is 2.64. The maximum absolute atomic E-state index is 13.6. The van der Waals surface area contributed by atoms with Crippen molar-refractivity contribution in [2.45, 2.75) is 44.1 Å². The van der Waals surface area contributed by atoms with Gasteiger partial charge in [0.2, 0.25) is 5.91 Å². The van der Waals surface area contributed by atoms with E-state index in [4.69, 9.17) is 9.68 Å². The fourth-order valence-corrected chi connectivity index (χ4v) is 5.12. The van der Waals surface area contributed by atoms with Crippen molar-refractivity contribution in [2.75, 3.05) is 19.6 Å². The van der Waals surface area contributed by atoms with Crippen LogP contribution >= 0.6 is 0 Å². The van der Waals surface area contributed by atoms with Gasteiger partial charge in [0.15, 0.2) is 0 Å². The number of β-amino-alcohol motifs (C(OH)–C–C–N with tert-alkyl or cyclic N) is 1. The minimum Gasteiger partial charge on any atom is -0.464 e. The normalized spacial score (nSPS) is 25.5. The highest BCUT2D eigenvalue weighted by atomic mass is 16.3. The number of nitriles is 1. The van der Waals surface area contributed by atoms with Gasteiger partial charge < -0.3 is 9.52 Å². The van der Waals surface area contributed by atoms with Gasteiger partial charge in [0.1, 0.15) is 17.1 Å². The van der Waals surface area contributed by atoms with Crippen LogP contribution in [0.4, 0.5) is 0 Å². The molecule has 31 heavy (non-hydrogen) atoms. The van der Waals surface area contributed by atoms with Crippen molar-refractivity contribution in [3.05, 3.63) is 59.0 Å². The van der Waals surface area contributed by atoms with E-state index < -0.39 is 17.7 Å². The third-order valence-electron chi connectivity index (χ3n) is 6.59. The number of nitrogens with zero attached hydrogens (tertiary/aromatic N) is 4. The number of amides is 2. The molecule has 1 spiro atoms. The predicted molar refractivity (Wildman–Crippen MR) is 109 cm³/mol. The molecule has 3 aliphatic heterocycles. The zero-order chi connectivity index (χ0) is 21.8. The van der Waals surface area contributed by atoms with Gasteiger partial charge in [-0.3, -0.25) is 24.3 Å². The summed E-state index contributed by atoms with van der Waals surface area (Å²) in [6, 6.07) is 12.6. The van der Waals surface area contributed by atoms with E-state index in [1.807, 2.05) is 30.0 Å². The number of aliphatic hydroxyl groups is 1. The number of aliphatic hydroxyl groups excluding tert-OH is 1. The highest BCUT2D eigenvalue weighted by Crippen LogP contribution is 2.41. The van der Waals surface area contributed by atoms with Gasteiger partial charge in [-0.2, -0.15) is 5.26 Å². The Balaban J connectivity index is 1.37. The SMILES string of the molecule is Cc1ccc(CN2C(=O)C3CC(O)CN3C3(CN(Cc4ccc(C#N)cc4)C3)C2=O)o1. The molecule has 2 atom stereocenters. The Morgan fingerprint density at radius 1 is 1.16 bits per heavy atom. The molecule has 2 amide bonds. The number of benzene rings is 1. The largest absolute Gasteiger partial charge is 0.464 e. The number of carbonyl (C=O) groups is 2. The summed E-state index contributed by atoms with van der Waals surface area (Å²) in [7, 11) is 0. The first kappa shape index (κ1) is 19.9. The zero-order valence-electron chi connectivity index (χ0n) is 17.3. The Kier molecular flexibility index (Phi) is 4.70. The number of hydrogen-bond donors (Lipinski definition) is 1. The Labute approximate surface area is 180 Å². The first-order valence-corrected chi connectivity index (χ1v) is 10.5. The smallest absolute Gasteiger partial charge is 0.252 e. The Morgan fingerprint density at radius 3 is 2.55 bits per heavy atom. The molecular formula is C23H24N4O4. The molecular weight excluding hydrogens is 396 g/mol. The van der Waals surface area contributed by atoms with Crippen molar-refractivity contribution in [3.8, 4) is 6.07 Å². The molecule has 160 valence electrons. The van der Waals surface area contributed by atoms with Crippen LogP contribution in [0.15, 0.2) is 40.8 Å². The Morgan fingerprint density at radius 2 is 1.90 bits per heavy atom. The second kappa shape index (κ2) is 7.31. The number of likely N-dealkylation sites (tertiary alicyclic amines) is 1. The van der Waals surface area contributed by atoms with E-state index in [1.165, 1.54) is 4.90 Å². The van der Waals surface area contributed by atoms with Crippen molar-refractivity contribution in [1.29, 1.82) is 5.26 Å². The molecule has 5 rings (SSSR count). The van der Waals surface area contributed by atoms with Crippen molar-refractivity contribution >= 4 is 11.8 Å². The number of hydrogen-bond acceptors (Lipinski definition) is 7. The summed E-state index contributed by atoms with van der Waals surface area (Å²) in [6.07, 6.45) is -0.269. The number of aryl methyl sites for hydroxylation is 1. The molecule has 3 aliphatic rings. The molecule has 3 fully saturated rings. The Hall–Kier alpha value is -2.99. The summed E-state index contributed by atoms with van der Waals surface area (Å²) in [4.78, 5) is 32.1. The number of rotatable bonds is 4. The fourth-order valence-electron chi connectivity index (χ4n) is 5.12. The lowest BCUT2D eigenvalue weighted by Gasteiger charge is -2.58. The second-order valence-electron chi connectivity index (χ2n) is 8.79. The number of carbonyl (C=O) groups excluding carboxylic acids is 2. The van der Waals surface area contributed by atoms with E-state index in [9.17, 15) is 14.7 Å². The lowest BCUT2D eigenvalue weighted by molar-refractivity contribution is -0.181. The van der Waals surface area contributed by atoms with Gasteiger partial charge in [0.05, 0.1) is 30.3 Å². The summed E-state index contributed by atoms with van der Waals surface area (Å²) in [6.45, 7) is 3.93. The summed E-state index contributed by atoms with van der Waals surface area (Å²) in [5.74, 6) is 0.839. The third kappa shape index (κ3) is 3.26. The number of furan rings is 1. The molecule has 3 saturated heterocycles. The standard InChI is InChI=1S/C23H24N4O4/c1-15-2-7-19(31-15)12-26-21(29)20-8-18(28)11-27(20)23(22(26)30)13-25(14-23)10-17-5-3-16(9-24)4-6-17/h2-7,18,20,28H,8,10-14H2,1H3. The van der Waals surface area contributed by atoms with Crippen LogP contribution in [-0.2, 0) is 22.7 Å². The van der Waals surface area contributed by atoms with E-state index in [0.717, 1.165) is 11.3 Å². The summed E-state index contributed by atoms with van der Waals surface area (Å²) in [5, 5.41) is 19.2. The average Bonchev–Trinajstić information content (AvgIpc) is 3.33. The van der Waals surface area contributed by atoms with Crippen LogP contribution in [0.25, 0.3) is 0 Å². The zero-order valence-corrected chi connectivity index (χ0v) is 17.3. The van der Waals surface area contributed by atoms with Gasteiger partial charge in [0, 0.05) is 26.2 Å². The fraction of sp³-hybridized carbons (Fsp3) is 0.435. The number of piperazine rings is 1. The molecule has 0 aliphatic carbocycles. The molecule has 1 aromatic carbocycles. The van der Waals surface area contributed by atoms with Crippen molar-refractivity contribution in [2.24, 2.45) is 0 Å². The quantitative estimate of drug-likeness (QED) is 0.737. The molecule has 0 bridgehead atoms. The molecule has 0 saturated carbocycles. The van der Waals surface area contributed by atoms with Gasteiger partial charge in [-0.25, -0.2) is 0 Å². The highest BCUT2D eigenvalue weighted by molar-refractivity contribution is 6.06. The van der Waals surface area contributed by atoms with Crippen LogP contribution in [0.5, 0.6) is 0 Å². The Bertz CT molecular complexity index is 1060. The van der Waals surface area contributed by atoms with Gasteiger partial charge >= 0.3 is 0 Å². The molecule has 1 N–H and O–H groups in total. The van der Waals surface area contributed by atoms with Crippen LogP contribution < -0.4 is 0 Å². The number of imide groups is 1. The van der Waals surface area contributed by atoms with Crippen LogP contribution in [0.1, 0.15) is 29.1 Å². The minimum atomic E-state index is -0.801. The maximum atomic E-state index is 13.6. The lowest BCUT2D eigenvalue weighted by atomic mass is 9.82. The van der Waals surface area contributed by atoms with E-state index in [-0.39, 0.29) is 18.4 Å². The van der Waals surface area contributed by atoms with E-state index in [1.54, 1.807) is 18.2 Å². The first-order chi connectivity index (χ1) is 14.9. The van der Waals surface area contributed by atoms with E-state index >= 15 is 0 Å². The molecule has 2 aromatic rings. The van der Waals surface area contributed by atoms with Crippen molar-refractivity contribution in [1.82, 2.24) is 14.7 Å². The van der Waals surface area contributed by atoms with Gasteiger partial charge in [-0.05, 0) is 43.2 Å². The van der Waals surface area contributed by atoms with Crippen LogP contribution in [0, 0.1) is 18.3 Å². The first-order valence-electron chi connectivity index (χ1n) is 10.5. The monoisotopic (exact) mass is 420 g/mol. The topological polar surface area (TPSA) is 101 Å². The van der Waals surface area contributed by atoms with Crippen molar-refractivity contribution in [3.63, 3.8) is 0 Å². The molecule has 4 heterocycles.